The summed E-state index contributed by atoms with van der Waals surface area (Å²) >= 11 is 0. The number of carbonyl (C=O) groups excluding carboxylic acids is 1. The number of para-hydroxylation sites is 1. The minimum Gasteiger partial charge on any atom is -0.481 e. The van der Waals surface area contributed by atoms with Gasteiger partial charge in [-0.05, 0) is 54.4 Å². The fraction of sp³-hybridized carbons (Fsp3) is 0.0909. The van der Waals surface area contributed by atoms with Gasteiger partial charge >= 0.3 is 0 Å². The van der Waals surface area contributed by atoms with Crippen LogP contribution in [0.1, 0.15) is 6.92 Å². The summed E-state index contributed by atoms with van der Waals surface area (Å²) in [5.41, 5.74) is 1.88. The van der Waals surface area contributed by atoms with Gasteiger partial charge in [0.05, 0.1) is 5.52 Å². The van der Waals surface area contributed by atoms with E-state index in [0.29, 0.717) is 33.6 Å². The van der Waals surface area contributed by atoms with Gasteiger partial charge in [-0.25, -0.2) is 8.78 Å². The lowest BCUT2D eigenvalue weighted by Gasteiger charge is -2.13. The Labute approximate surface area is 165 Å². The highest BCUT2D eigenvalue weighted by Gasteiger charge is 2.18. The average Bonchev–Trinajstić information content (AvgIpc) is 3.12. The van der Waals surface area contributed by atoms with Gasteiger partial charge in [0.1, 0.15) is 5.75 Å². The summed E-state index contributed by atoms with van der Waals surface area (Å²) in [4.78, 5) is 12.4. The molecule has 1 amide bonds. The van der Waals surface area contributed by atoms with E-state index in [2.05, 4.69) is 15.5 Å². The number of ether oxygens (including phenoxy) is 1. The van der Waals surface area contributed by atoms with Crippen LogP contribution in [0.2, 0.25) is 0 Å². The maximum absolute atomic E-state index is 13.5. The van der Waals surface area contributed by atoms with Crippen LogP contribution in [0.4, 0.5) is 14.6 Å². The molecule has 0 aliphatic heterocycles. The molecule has 1 atom stereocenters. The number of carbonyl (C=O) groups is 1. The number of halogens is 2. The van der Waals surface area contributed by atoms with Crippen molar-refractivity contribution in [2.24, 2.45) is 0 Å². The number of benzene rings is 3. The Morgan fingerprint density at radius 2 is 1.72 bits per heavy atom. The molecule has 1 heterocycles. The second-order valence-electron chi connectivity index (χ2n) is 6.52. The lowest BCUT2D eigenvalue weighted by atomic mass is 10.0. The lowest BCUT2D eigenvalue weighted by Crippen LogP contribution is -2.30. The fourth-order valence-corrected chi connectivity index (χ4v) is 2.95. The first-order chi connectivity index (χ1) is 14.0. The van der Waals surface area contributed by atoms with Gasteiger partial charge < -0.3 is 10.1 Å². The molecule has 4 rings (SSSR count). The second-order valence-corrected chi connectivity index (χ2v) is 6.52. The van der Waals surface area contributed by atoms with Crippen LogP contribution in [0.25, 0.3) is 22.0 Å². The summed E-state index contributed by atoms with van der Waals surface area (Å²) in [6.45, 7) is 1.65. The second kappa shape index (κ2) is 7.71. The van der Waals surface area contributed by atoms with Crippen LogP contribution < -0.4 is 10.1 Å². The molecule has 2 N–H and O–H groups in total. The van der Waals surface area contributed by atoms with Crippen molar-refractivity contribution in [2.45, 2.75) is 13.0 Å². The number of nitrogens with one attached hydrogen (secondary N) is 2. The molecule has 146 valence electrons. The molecule has 4 aromatic rings. The van der Waals surface area contributed by atoms with E-state index in [9.17, 15) is 13.6 Å². The molecule has 0 aliphatic rings. The average molecular weight is 393 g/mol. The van der Waals surface area contributed by atoms with E-state index < -0.39 is 17.7 Å². The molecule has 0 saturated carbocycles. The Kier molecular flexibility index (Phi) is 4.95. The van der Waals surface area contributed by atoms with Crippen molar-refractivity contribution in [1.29, 1.82) is 0 Å². The Morgan fingerprint density at radius 1 is 1.00 bits per heavy atom. The van der Waals surface area contributed by atoms with Crippen LogP contribution >= 0.6 is 0 Å². The lowest BCUT2D eigenvalue weighted by molar-refractivity contribution is -0.122. The maximum Gasteiger partial charge on any atom is 0.266 e. The van der Waals surface area contributed by atoms with Gasteiger partial charge in [-0.2, -0.15) is 5.10 Å². The van der Waals surface area contributed by atoms with Crippen LogP contribution in [0.15, 0.2) is 66.7 Å². The molecule has 7 heteroatoms. The molecule has 0 radical (unpaired) electrons. The zero-order valence-corrected chi connectivity index (χ0v) is 15.4. The first kappa shape index (κ1) is 18.6. The van der Waals surface area contributed by atoms with E-state index in [1.165, 1.54) is 6.07 Å². The zero-order valence-electron chi connectivity index (χ0n) is 15.4. The van der Waals surface area contributed by atoms with E-state index >= 15 is 0 Å². The molecule has 0 saturated heterocycles. The molecule has 0 aliphatic carbocycles. The largest absolute Gasteiger partial charge is 0.481 e. The van der Waals surface area contributed by atoms with Crippen molar-refractivity contribution < 1.29 is 18.3 Å². The van der Waals surface area contributed by atoms with Crippen molar-refractivity contribution >= 4 is 22.6 Å². The molecule has 1 aromatic heterocycles. The van der Waals surface area contributed by atoms with Gasteiger partial charge in [-0.1, -0.05) is 30.3 Å². The molecule has 3 aromatic carbocycles. The number of nitrogens with zero attached hydrogens (tertiary/aromatic N) is 1. The summed E-state index contributed by atoms with van der Waals surface area (Å²) < 4.78 is 32.3. The standard InChI is InChI=1S/C22H17F2N3O2/c1-13(29-16-5-3-2-4-6-16)22(28)25-21-17-9-7-15(12-20(17)26-27-21)14-8-10-18(23)19(24)11-14/h2-13H,1H3,(H2,25,26,27,28). The minimum absolute atomic E-state index is 0.341. The number of H-pyrrole nitrogens is 1. The van der Waals surface area contributed by atoms with Gasteiger partial charge in [-0.3, -0.25) is 9.89 Å². The highest BCUT2D eigenvalue weighted by atomic mass is 19.2. The van der Waals surface area contributed by atoms with Crippen molar-refractivity contribution in [3.8, 4) is 16.9 Å². The van der Waals surface area contributed by atoms with Crippen molar-refractivity contribution in [3.05, 3.63) is 78.4 Å². The highest BCUT2D eigenvalue weighted by molar-refractivity contribution is 6.02. The van der Waals surface area contributed by atoms with E-state index in [1.54, 1.807) is 37.3 Å². The van der Waals surface area contributed by atoms with E-state index in [-0.39, 0.29) is 5.91 Å². The van der Waals surface area contributed by atoms with Gasteiger partial charge in [-0.15, -0.1) is 0 Å². The van der Waals surface area contributed by atoms with Crippen LogP contribution in [0.3, 0.4) is 0 Å². The van der Waals surface area contributed by atoms with Crippen LogP contribution in [0.5, 0.6) is 5.75 Å². The summed E-state index contributed by atoms with van der Waals surface area (Å²) in [6, 6.07) is 18.0. The predicted molar refractivity (Wildman–Crippen MR) is 107 cm³/mol. The molecule has 29 heavy (non-hydrogen) atoms. The number of hydrogen-bond donors (Lipinski definition) is 2. The Hall–Kier alpha value is -3.74. The molecular formula is C22H17F2N3O2. The Balaban J connectivity index is 1.53. The van der Waals surface area contributed by atoms with Crippen molar-refractivity contribution in [1.82, 2.24) is 10.2 Å². The molecule has 0 fully saturated rings. The molecule has 5 nitrogen and oxygen atoms in total. The Morgan fingerprint density at radius 3 is 2.48 bits per heavy atom. The number of rotatable bonds is 5. The number of fused-ring (bicyclic) bond motifs is 1. The van der Waals surface area contributed by atoms with Crippen molar-refractivity contribution in [3.63, 3.8) is 0 Å². The number of aromatic amines is 1. The monoisotopic (exact) mass is 393 g/mol. The van der Waals surface area contributed by atoms with Crippen LogP contribution in [0, 0.1) is 11.6 Å². The van der Waals surface area contributed by atoms with E-state index in [4.69, 9.17) is 4.74 Å². The predicted octanol–water partition coefficient (Wildman–Crippen LogP) is 4.91. The first-order valence-corrected chi connectivity index (χ1v) is 8.97. The van der Waals surface area contributed by atoms with Gasteiger partial charge in [0.2, 0.25) is 0 Å². The highest BCUT2D eigenvalue weighted by Crippen LogP contribution is 2.28. The third-order valence-corrected chi connectivity index (χ3v) is 4.48. The first-order valence-electron chi connectivity index (χ1n) is 8.97. The molecular weight excluding hydrogens is 376 g/mol. The fourth-order valence-electron chi connectivity index (χ4n) is 2.95. The van der Waals surface area contributed by atoms with Gasteiger partial charge in [0, 0.05) is 5.39 Å². The smallest absolute Gasteiger partial charge is 0.266 e. The van der Waals surface area contributed by atoms with E-state index in [0.717, 1.165) is 12.1 Å². The number of hydrogen-bond acceptors (Lipinski definition) is 3. The molecule has 0 bridgehead atoms. The Bertz CT molecular complexity index is 1180. The third kappa shape index (κ3) is 3.94. The van der Waals surface area contributed by atoms with Gasteiger partial charge in [0.25, 0.3) is 5.91 Å². The zero-order chi connectivity index (χ0) is 20.4. The maximum atomic E-state index is 13.5. The van der Waals surface area contributed by atoms with Crippen molar-refractivity contribution in [2.75, 3.05) is 5.32 Å². The number of aromatic nitrogens is 2. The quantitative estimate of drug-likeness (QED) is 0.506. The summed E-state index contributed by atoms with van der Waals surface area (Å²) in [7, 11) is 0. The SMILES string of the molecule is CC(Oc1ccccc1)C(=O)Nc1n[nH]c2cc(-c3ccc(F)c(F)c3)ccc12. The third-order valence-electron chi connectivity index (χ3n) is 4.48. The molecule has 0 spiro atoms. The summed E-state index contributed by atoms with van der Waals surface area (Å²) in [5.74, 6) is -1.18. The van der Waals surface area contributed by atoms with E-state index in [1.807, 2.05) is 18.2 Å². The summed E-state index contributed by atoms with van der Waals surface area (Å²) in [6.07, 6.45) is -0.717. The topological polar surface area (TPSA) is 67.0 Å². The normalized spacial score (nSPS) is 12.0. The molecule has 1 unspecified atom stereocenters. The minimum atomic E-state index is -0.910. The van der Waals surface area contributed by atoms with Crippen LogP contribution in [-0.4, -0.2) is 22.2 Å². The summed E-state index contributed by atoms with van der Waals surface area (Å²) in [5, 5.41) is 10.4. The van der Waals surface area contributed by atoms with Crippen LogP contribution in [-0.2, 0) is 4.79 Å². The number of amides is 1. The number of anilines is 1. The van der Waals surface area contributed by atoms with Gasteiger partial charge in [0.15, 0.2) is 23.6 Å².